The van der Waals surface area contributed by atoms with Crippen LogP contribution in [-0.2, 0) is 28.7 Å². The molecule has 1 aromatic rings. The quantitative estimate of drug-likeness (QED) is 0.173. The largest absolute Gasteiger partial charge is 0.550 e. The highest BCUT2D eigenvalue weighted by atomic mass is 32.2. The van der Waals surface area contributed by atoms with Crippen molar-refractivity contribution in [1.82, 2.24) is 10.2 Å². The predicted molar refractivity (Wildman–Crippen MR) is 125 cm³/mol. The number of nitrogens with one attached hydrogen (secondary N) is 1. The van der Waals surface area contributed by atoms with Gasteiger partial charge in [0.25, 0.3) is 0 Å². The van der Waals surface area contributed by atoms with Gasteiger partial charge in [0, 0.05) is 17.1 Å². The van der Waals surface area contributed by atoms with E-state index in [1.807, 2.05) is 21.1 Å². The summed E-state index contributed by atoms with van der Waals surface area (Å²) in [5.41, 5.74) is 0.320. The number of nitrogens with zero attached hydrogens (tertiary/aromatic N) is 2. The van der Waals surface area contributed by atoms with Crippen molar-refractivity contribution in [2.45, 2.75) is 54.5 Å². The van der Waals surface area contributed by atoms with Crippen molar-refractivity contribution >= 4 is 52.8 Å². The molecular formula is C22H29N3O8S2. The molecule has 3 rings (SSSR count). The Balaban J connectivity index is 1.73. The molecule has 2 saturated heterocycles. The molecule has 11 nitrogen and oxygen atoms in total. The molecule has 2 N–H and O–H groups in total. The molecule has 0 aliphatic carbocycles. The number of ether oxygens (including phenoxy) is 1. The van der Waals surface area contributed by atoms with Gasteiger partial charge in [-0.05, 0) is 36.2 Å². The van der Waals surface area contributed by atoms with Gasteiger partial charge in [0.2, 0.25) is 11.8 Å². The third-order valence-electron chi connectivity index (χ3n) is 5.78. The van der Waals surface area contributed by atoms with Gasteiger partial charge < -0.3 is 34.4 Å². The van der Waals surface area contributed by atoms with Gasteiger partial charge in [-0.25, -0.2) is 4.79 Å². The van der Waals surface area contributed by atoms with Crippen molar-refractivity contribution in [3.05, 3.63) is 22.4 Å². The van der Waals surface area contributed by atoms with Gasteiger partial charge in [-0.3, -0.25) is 14.4 Å². The van der Waals surface area contributed by atoms with E-state index in [-0.39, 0.29) is 6.54 Å². The maximum absolute atomic E-state index is 13.1. The van der Waals surface area contributed by atoms with E-state index in [1.165, 1.54) is 34.1 Å². The van der Waals surface area contributed by atoms with Crippen molar-refractivity contribution in [3.63, 3.8) is 0 Å². The smallest absolute Gasteiger partial charge is 0.330 e. The SMILES string of the molecule is CC1(C)S[C@@H]2[C@H](NC(=O)[C@H](C(=O)O)c3ccsc3)C(=O)N2[C@H]1C(=O)OC(CC(=O)[O-])C[N+](C)(C)C. The number of carbonyl (C=O) groups is 5. The number of aliphatic carboxylic acids is 2. The number of fused-ring (bicyclic) bond motifs is 1. The minimum Gasteiger partial charge on any atom is -0.550 e. The van der Waals surface area contributed by atoms with Crippen LogP contribution in [0.5, 0.6) is 0 Å². The number of esters is 1. The van der Waals surface area contributed by atoms with Gasteiger partial charge in [0.1, 0.15) is 24.0 Å². The van der Waals surface area contributed by atoms with Crippen LogP contribution in [-0.4, -0.2) is 100 Å². The second kappa shape index (κ2) is 9.78. The number of carboxylic acids is 2. The average molecular weight is 528 g/mol. The topological polar surface area (TPSA) is 153 Å². The molecule has 3 heterocycles. The fourth-order valence-corrected chi connectivity index (χ4v) is 6.68. The Hall–Kier alpha value is -2.64. The molecule has 1 aromatic heterocycles. The summed E-state index contributed by atoms with van der Waals surface area (Å²) in [7, 11) is 5.48. The number of carboxylic acid groups (broad SMARTS) is 2. The number of amides is 2. The first-order valence-electron chi connectivity index (χ1n) is 10.9. The summed E-state index contributed by atoms with van der Waals surface area (Å²) in [5.74, 6) is -6.21. The fraction of sp³-hybridized carbons (Fsp3) is 0.591. The van der Waals surface area contributed by atoms with Crippen LogP contribution in [0.1, 0.15) is 31.7 Å². The third-order valence-corrected chi connectivity index (χ3v) is 8.05. The van der Waals surface area contributed by atoms with Gasteiger partial charge in [0.05, 0.1) is 21.1 Å². The summed E-state index contributed by atoms with van der Waals surface area (Å²) in [6, 6.07) is -0.450. The third kappa shape index (κ3) is 5.78. The van der Waals surface area contributed by atoms with Gasteiger partial charge in [-0.15, -0.1) is 11.8 Å². The maximum Gasteiger partial charge on any atom is 0.330 e. The Morgan fingerprint density at radius 2 is 1.94 bits per heavy atom. The number of thiophene rings is 1. The highest BCUT2D eigenvalue weighted by Gasteiger charge is 2.65. The molecule has 2 aliphatic heterocycles. The summed E-state index contributed by atoms with van der Waals surface area (Å²) < 4.78 is 5.10. The van der Waals surface area contributed by atoms with Crippen LogP contribution in [0.15, 0.2) is 16.8 Å². The molecule has 0 saturated carbocycles. The molecule has 5 atom stereocenters. The Kier molecular flexibility index (Phi) is 7.53. The van der Waals surface area contributed by atoms with Crippen LogP contribution in [0.4, 0.5) is 0 Å². The lowest BCUT2D eigenvalue weighted by Gasteiger charge is -2.44. The first-order valence-corrected chi connectivity index (χ1v) is 12.7. The predicted octanol–water partition coefficient (Wildman–Crippen LogP) is -0.779. The number of rotatable bonds is 10. The number of hydrogen-bond acceptors (Lipinski definition) is 9. The van der Waals surface area contributed by atoms with Gasteiger partial charge >= 0.3 is 11.9 Å². The second-order valence-corrected chi connectivity index (χ2v) is 12.7. The van der Waals surface area contributed by atoms with Gasteiger partial charge in [-0.2, -0.15) is 11.3 Å². The highest BCUT2D eigenvalue weighted by Crippen LogP contribution is 2.51. The van der Waals surface area contributed by atoms with Crippen molar-refractivity contribution in [2.75, 3.05) is 27.7 Å². The van der Waals surface area contributed by atoms with E-state index in [4.69, 9.17) is 4.74 Å². The normalized spacial score (nSPS) is 24.7. The zero-order chi connectivity index (χ0) is 26.3. The molecule has 2 fully saturated rings. The lowest BCUT2D eigenvalue weighted by Crippen LogP contribution is -2.71. The zero-order valence-electron chi connectivity index (χ0n) is 20.0. The Morgan fingerprint density at radius 1 is 1.29 bits per heavy atom. The molecule has 1 unspecified atom stereocenters. The minimum atomic E-state index is -1.45. The van der Waals surface area contributed by atoms with E-state index >= 15 is 0 Å². The molecule has 0 spiro atoms. The summed E-state index contributed by atoms with van der Waals surface area (Å²) >= 11 is 2.55. The van der Waals surface area contributed by atoms with E-state index in [0.29, 0.717) is 10.0 Å². The highest BCUT2D eigenvalue weighted by molar-refractivity contribution is 8.01. The van der Waals surface area contributed by atoms with Crippen molar-refractivity contribution in [1.29, 1.82) is 0 Å². The van der Waals surface area contributed by atoms with Crippen LogP contribution in [0.2, 0.25) is 0 Å². The number of carbonyl (C=O) groups excluding carboxylic acids is 4. The molecule has 2 amide bonds. The molecule has 0 bridgehead atoms. The molecule has 0 aromatic carbocycles. The van der Waals surface area contributed by atoms with Crippen molar-refractivity contribution in [3.8, 4) is 0 Å². The molecule has 192 valence electrons. The van der Waals surface area contributed by atoms with Crippen LogP contribution < -0.4 is 10.4 Å². The summed E-state index contributed by atoms with van der Waals surface area (Å²) in [5, 5.41) is 25.9. The first kappa shape index (κ1) is 27.0. The van der Waals surface area contributed by atoms with Gasteiger partial charge in [0.15, 0.2) is 12.0 Å². The zero-order valence-corrected chi connectivity index (χ0v) is 21.7. The molecule has 0 radical (unpaired) electrons. The average Bonchev–Trinajstić information content (AvgIpc) is 3.28. The fourth-order valence-electron chi connectivity index (χ4n) is 4.38. The Labute approximate surface area is 211 Å². The van der Waals surface area contributed by atoms with Gasteiger partial charge in [-0.1, -0.05) is 0 Å². The maximum atomic E-state index is 13.1. The summed E-state index contributed by atoms with van der Waals surface area (Å²) in [4.78, 5) is 63.1. The standard InChI is InChI=1S/C22H29N3O8S2/c1-22(2)16(21(32)33-12(8-13(26)27)9-25(3,4)5)24-18(29)15(19(24)35-22)23-17(28)14(20(30)31)11-6-7-34-10-11/h6-7,10,12,14-16,19H,8-9H2,1-5H3,(H2-,23,26,27,28,30,31)/t12?,14-,15-,16+,19-/m1/s1. The number of hydrogen-bond donors (Lipinski definition) is 2. The Bertz CT molecular complexity index is 1020. The van der Waals surface area contributed by atoms with Crippen LogP contribution >= 0.6 is 23.1 Å². The van der Waals surface area contributed by atoms with Crippen molar-refractivity contribution in [2.24, 2.45) is 0 Å². The first-order chi connectivity index (χ1) is 16.1. The van der Waals surface area contributed by atoms with E-state index < -0.39 is 70.4 Å². The Morgan fingerprint density at radius 3 is 2.46 bits per heavy atom. The van der Waals surface area contributed by atoms with Crippen LogP contribution in [0.3, 0.4) is 0 Å². The number of β-lactam (4-membered cyclic amide) rings is 1. The molecule has 35 heavy (non-hydrogen) atoms. The number of thioether (sulfide) groups is 1. The molecule has 13 heteroatoms. The minimum absolute atomic E-state index is 0.231. The number of likely N-dealkylation sites (N-methyl/N-ethyl adjacent to an activating group) is 1. The molecular weight excluding hydrogens is 498 g/mol. The van der Waals surface area contributed by atoms with Crippen molar-refractivity contribution < 1.29 is 43.4 Å². The van der Waals surface area contributed by atoms with E-state index in [9.17, 15) is 34.2 Å². The van der Waals surface area contributed by atoms with E-state index in [0.717, 1.165) is 0 Å². The molecule has 2 aliphatic rings. The second-order valence-electron chi connectivity index (χ2n) is 10.2. The lowest BCUT2D eigenvalue weighted by atomic mass is 9.95. The van der Waals surface area contributed by atoms with Crippen LogP contribution in [0.25, 0.3) is 0 Å². The lowest BCUT2D eigenvalue weighted by molar-refractivity contribution is -0.873. The van der Waals surface area contributed by atoms with Crippen LogP contribution in [0, 0.1) is 0 Å². The van der Waals surface area contributed by atoms with E-state index in [2.05, 4.69) is 5.32 Å². The monoisotopic (exact) mass is 527 g/mol. The summed E-state index contributed by atoms with van der Waals surface area (Å²) in [6.45, 7) is 3.75. The summed E-state index contributed by atoms with van der Waals surface area (Å²) in [6.07, 6.45) is -1.42. The number of quaternary nitrogens is 1. The van der Waals surface area contributed by atoms with E-state index in [1.54, 1.807) is 24.6 Å².